The quantitative estimate of drug-likeness (QED) is 0.286. The fourth-order valence-corrected chi connectivity index (χ4v) is 3.52. The number of nitrogens with two attached hydrogens (primary N) is 1. The van der Waals surface area contributed by atoms with Gasteiger partial charge in [0.05, 0.1) is 32.1 Å². The molecule has 0 amide bonds. The molecule has 0 atom stereocenters. The number of benzene rings is 2. The smallest absolute Gasteiger partial charge is 0.193 e. The van der Waals surface area contributed by atoms with E-state index in [0.29, 0.717) is 29.7 Å². The molecule has 148 valence electrons. The summed E-state index contributed by atoms with van der Waals surface area (Å²) in [6.45, 7) is 2.45. The number of nitrogens with zero attached hydrogens (tertiary/aromatic N) is 2. The van der Waals surface area contributed by atoms with Crippen molar-refractivity contribution in [3.63, 3.8) is 0 Å². The molecule has 0 fully saturated rings. The van der Waals surface area contributed by atoms with Gasteiger partial charge in [-0.05, 0) is 19.1 Å². The van der Waals surface area contributed by atoms with Crippen molar-refractivity contribution >= 4 is 47.0 Å². The Hall–Kier alpha value is -2.33. The average molecular weight is 510 g/mol. The van der Waals surface area contributed by atoms with E-state index < -0.39 is 0 Å². The summed E-state index contributed by atoms with van der Waals surface area (Å²) in [4.78, 5) is 10.2. The van der Waals surface area contributed by atoms with Crippen molar-refractivity contribution in [3.8, 4) is 22.1 Å². The van der Waals surface area contributed by atoms with Crippen molar-refractivity contribution in [2.24, 2.45) is 10.7 Å². The minimum Gasteiger partial charge on any atom is -0.497 e. The number of guanidine groups is 1. The Kier molecular flexibility index (Phi) is 8.06. The van der Waals surface area contributed by atoms with Gasteiger partial charge in [-0.3, -0.25) is 0 Å². The first-order valence-electron chi connectivity index (χ1n) is 8.41. The molecule has 0 saturated carbocycles. The summed E-state index contributed by atoms with van der Waals surface area (Å²) in [6.07, 6.45) is 0. The number of thiazole rings is 1. The van der Waals surface area contributed by atoms with Crippen molar-refractivity contribution in [2.75, 3.05) is 19.5 Å². The number of anilines is 1. The molecule has 6 nitrogen and oxygen atoms in total. The topological polar surface area (TPSA) is 81.8 Å². The van der Waals surface area contributed by atoms with Crippen molar-refractivity contribution < 1.29 is 9.47 Å². The minimum absolute atomic E-state index is 0. The highest BCUT2D eigenvalue weighted by Crippen LogP contribution is 2.30. The second kappa shape index (κ2) is 10.3. The van der Waals surface area contributed by atoms with E-state index in [4.69, 9.17) is 15.2 Å². The average Bonchev–Trinajstić information content (AvgIpc) is 3.07. The summed E-state index contributed by atoms with van der Waals surface area (Å²) < 4.78 is 10.6. The number of aliphatic imine (C=N–C) groups is 1. The van der Waals surface area contributed by atoms with Gasteiger partial charge in [-0.15, -0.1) is 35.3 Å². The molecule has 2 aromatic carbocycles. The highest BCUT2D eigenvalue weighted by Gasteiger charge is 2.10. The van der Waals surface area contributed by atoms with E-state index in [-0.39, 0.29) is 24.0 Å². The first-order valence-corrected chi connectivity index (χ1v) is 9.23. The third-order valence-electron chi connectivity index (χ3n) is 3.98. The van der Waals surface area contributed by atoms with E-state index in [1.807, 2.05) is 43.3 Å². The third-order valence-corrected chi connectivity index (χ3v) is 5.17. The van der Waals surface area contributed by atoms with E-state index in [1.54, 1.807) is 25.6 Å². The Balaban J connectivity index is 0.00000280. The zero-order valence-electron chi connectivity index (χ0n) is 15.9. The summed E-state index contributed by atoms with van der Waals surface area (Å²) in [6, 6.07) is 15.6. The first-order chi connectivity index (χ1) is 13.1. The maximum absolute atomic E-state index is 6.06. The molecule has 0 bridgehead atoms. The van der Waals surface area contributed by atoms with Gasteiger partial charge >= 0.3 is 0 Å². The summed E-state index contributed by atoms with van der Waals surface area (Å²) in [5, 5.41) is 4.06. The zero-order valence-corrected chi connectivity index (χ0v) is 19.1. The molecule has 3 N–H and O–H groups in total. The van der Waals surface area contributed by atoms with Gasteiger partial charge in [0, 0.05) is 16.5 Å². The number of aryl methyl sites for hydroxylation is 1. The number of hydrogen-bond donors (Lipinski definition) is 2. The lowest BCUT2D eigenvalue weighted by atomic mass is 10.2. The van der Waals surface area contributed by atoms with Gasteiger partial charge in [0.25, 0.3) is 0 Å². The standard InChI is InChI=1S/C20H22N4O2S.HI/c1-13-18(27-19(23-13)14-7-5-4-6-8-14)12-22-20(21)24-16-11-15(25-2)9-10-17(16)26-3;/h4-11H,12H2,1-3H3,(H3,21,22,24);1H. The first kappa shape index (κ1) is 22.0. The van der Waals surface area contributed by atoms with Gasteiger partial charge in [0.1, 0.15) is 16.5 Å². The Bertz CT molecular complexity index is 945. The van der Waals surface area contributed by atoms with Gasteiger partial charge < -0.3 is 20.5 Å². The van der Waals surface area contributed by atoms with Crippen LogP contribution in [0.25, 0.3) is 10.6 Å². The molecule has 0 aliphatic carbocycles. The predicted octanol–water partition coefficient (Wildman–Crippen LogP) is 4.68. The molecule has 0 aliphatic heterocycles. The summed E-state index contributed by atoms with van der Waals surface area (Å²) in [5.41, 5.74) is 8.83. The third kappa shape index (κ3) is 5.35. The molecule has 3 aromatic rings. The zero-order chi connectivity index (χ0) is 19.2. The second-order valence-corrected chi connectivity index (χ2v) is 6.87. The molecule has 1 heterocycles. The SMILES string of the molecule is COc1ccc(OC)c(NC(N)=NCc2sc(-c3ccccc3)nc2C)c1.I. The van der Waals surface area contributed by atoms with Gasteiger partial charge in [0.2, 0.25) is 0 Å². The van der Waals surface area contributed by atoms with Crippen LogP contribution in [0.5, 0.6) is 11.5 Å². The van der Waals surface area contributed by atoms with Crippen LogP contribution >= 0.6 is 35.3 Å². The number of halogens is 1. The van der Waals surface area contributed by atoms with Crippen molar-refractivity contribution in [1.82, 2.24) is 4.98 Å². The van der Waals surface area contributed by atoms with E-state index in [9.17, 15) is 0 Å². The minimum atomic E-state index is 0. The van der Waals surface area contributed by atoms with Crippen LogP contribution in [0.1, 0.15) is 10.6 Å². The molecule has 0 spiro atoms. The van der Waals surface area contributed by atoms with Crippen molar-refractivity contribution in [1.29, 1.82) is 0 Å². The number of rotatable bonds is 6. The van der Waals surface area contributed by atoms with Crippen LogP contribution in [0.2, 0.25) is 0 Å². The largest absolute Gasteiger partial charge is 0.497 e. The van der Waals surface area contributed by atoms with Crippen molar-refractivity contribution in [2.45, 2.75) is 13.5 Å². The van der Waals surface area contributed by atoms with E-state index in [0.717, 1.165) is 21.1 Å². The Morgan fingerprint density at radius 1 is 1.14 bits per heavy atom. The molecule has 0 radical (unpaired) electrons. The van der Waals surface area contributed by atoms with Crippen LogP contribution in [-0.4, -0.2) is 25.2 Å². The maximum atomic E-state index is 6.06. The van der Waals surface area contributed by atoms with E-state index in [1.165, 1.54) is 0 Å². The Morgan fingerprint density at radius 3 is 2.57 bits per heavy atom. The highest BCUT2D eigenvalue weighted by atomic mass is 127. The lowest BCUT2D eigenvalue weighted by Crippen LogP contribution is -2.23. The lowest BCUT2D eigenvalue weighted by Gasteiger charge is -2.12. The molecular formula is C20H23IN4O2S. The van der Waals surface area contributed by atoms with Crippen molar-refractivity contribution in [3.05, 3.63) is 59.1 Å². The molecule has 0 unspecified atom stereocenters. The number of nitrogens with one attached hydrogen (secondary N) is 1. The molecule has 0 aliphatic rings. The molecule has 28 heavy (non-hydrogen) atoms. The predicted molar refractivity (Wildman–Crippen MR) is 126 cm³/mol. The molecule has 0 saturated heterocycles. The Morgan fingerprint density at radius 2 is 1.89 bits per heavy atom. The molecule has 1 aromatic heterocycles. The summed E-state index contributed by atoms with van der Waals surface area (Å²) in [7, 11) is 3.21. The van der Waals surface area contributed by atoms with Crippen LogP contribution in [0.4, 0.5) is 5.69 Å². The van der Waals surface area contributed by atoms with Crippen LogP contribution in [0, 0.1) is 6.92 Å². The molecule has 3 rings (SSSR count). The monoisotopic (exact) mass is 510 g/mol. The fourth-order valence-electron chi connectivity index (χ4n) is 2.53. The van der Waals surface area contributed by atoms with E-state index in [2.05, 4.69) is 27.4 Å². The normalized spacial score (nSPS) is 10.9. The highest BCUT2D eigenvalue weighted by molar-refractivity contribution is 14.0. The summed E-state index contributed by atoms with van der Waals surface area (Å²) in [5.74, 6) is 1.67. The van der Waals surface area contributed by atoms with Gasteiger partial charge in [-0.1, -0.05) is 30.3 Å². The summed E-state index contributed by atoms with van der Waals surface area (Å²) >= 11 is 1.63. The number of hydrogen-bond acceptors (Lipinski definition) is 5. The Labute approximate surface area is 185 Å². The second-order valence-electron chi connectivity index (χ2n) is 5.79. The molecule has 8 heteroatoms. The van der Waals surface area contributed by atoms with Crippen LogP contribution in [-0.2, 0) is 6.54 Å². The number of aromatic nitrogens is 1. The fraction of sp³-hybridized carbons (Fsp3) is 0.200. The van der Waals surface area contributed by atoms with Gasteiger partial charge in [-0.25, -0.2) is 9.98 Å². The van der Waals surface area contributed by atoms with Gasteiger partial charge in [0.15, 0.2) is 5.96 Å². The number of ether oxygens (including phenoxy) is 2. The number of methoxy groups -OCH3 is 2. The maximum Gasteiger partial charge on any atom is 0.193 e. The van der Waals surface area contributed by atoms with Crippen LogP contribution in [0.15, 0.2) is 53.5 Å². The van der Waals surface area contributed by atoms with E-state index >= 15 is 0 Å². The lowest BCUT2D eigenvalue weighted by molar-refractivity contribution is 0.405. The van der Waals surface area contributed by atoms with Crippen LogP contribution < -0.4 is 20.5 Å². The molecular weight excluding hydrogens is 487 g/mol. The van der Waals surface area contributed by atoms with Gasteiger partial charge in [-0.2, -0.15) is 0 Å². The van der Waals surface area contributed by atoms with Crippen LogP contribution in [0.3, 0.4) is 0 Å².